The highest BCUT2D eigenvalue weighted by atomic mass is 16.2. The fourth-order valence-corrected chi connectivity index (χ4v) is 2.73. The minimum atomic E-state index is -0.398. The van der Waals surface area contributed by atoms with E-state index in [4.69, 9.17) is 0 Å². The molecule has 0 saturated carbocycles. The van der Waals surface area contributed by atoms with E-state index in [9.17, 15) is 9.59 Å². The van der Waals surface area contributed by atoms with E-state index >= 15 is 0 Å². The Balaban J connectivity index is 2.21. The van der Waals surface area contributed by atoms with Gasteiger partial charge in [-0.3, -0.25) is 14.6 Å². The van der Waals surface area contributed by atoms with Crippen LogP contribution in [0.15, 0.2) is 18.5 Å². The number of hydrogen-bond acceptors (Lipinski definition) is 3. The minimum Gasteiger partial charge on any atom is -0.344 e. The average molecular weight is 289 g/mol. The second-order valence-corrected chi connectivity index (χ2v) is 5.80. The van der Waals surface area contributed by atoms with Gasteiger partial charge in [-0.1, -0.05) is 19.4 Å². The van der Waals surface area contributed by atoms with Gasteiger partial charge in [-0.2, -0.15) is 0 Å². The van der Waals surface area contributed by atoms with Crippen LogP contribution in [0.3, 0.4) is 0 Å². The van der Waals surface area contributed by atoms with Gasteiger partial charge in [0.1, 0.15) is 6.04 Å². The number of nitrogens with one attached hydrogen (secondary N) is 1. The molecule has 114 valence electrons. The third-order valence-electron chi connectivity index (χ3n) is 3.79. The fourth-order valence-electron chi connectivity index (χ4n) is 2.73. The van der Waals surface area contributed by atoms with Crippen LogP contribution in [0.1, 0.15) is 44.2 Å². The van der Waals surface area contributed by atoms with E-state index < -0.39 is 6.04 Å². The number of aryl methyl sites for hydroxylation is 1. The van der Waals surface area contributed by atoms with Gasteiger partial charge in [-0.15, -0.1) is 0 Å². The van der Waals surface area contributed by atoms with Crippen LogP contribution in [0.5, 0.6) is 0 Å². The molecule has 1 aromatic rings. The summed E-state index contributed by atoms with van der Waals surface area (Å²) in [6, 6.07) is 1.53. The van der Waals surface area contributed by atoms with E-state index in [-0.39, 0.29) is 17.9 Å². The van der Waals surface area contributed by atoms with Gasteiger partial charge in [-0.05, 0) is 31.4 Å². The first kappa shape index (κ1) is 15.5. The highest BCUT2D eigenvalue weighted by Gasteiger charge is 2.33. The smallest absolute Gasteiger partial charge is 0.245 e. The average Bonchev–Trinajstić information content (AvgIpc) is 2.51. The van der Waals surface area contributed by atoms with Crippen molar-refractivity contribution in [2.45, 2.75) is 58.7 Å². The van der Waals surface area contributed by atoms with Gasteiger partial charge in [0.2, 0.25) is 11.8 Å². The number of carbonyl (C=O) groups is 2. The molecule has 0 aromatic carbocycles. The Morgan fingerprint density at radius 3 is 2.81 bits per heavy atom. The van der Waals surface area contributed by atoms with Crippen LogP contribution in [-0.4, -0.2) is 33.8 Å². The lowest BCUT2D eigenvalue weighted by Crippen LogP contribution is -2.45. The summed E-state index contributed by atoms with van der Waals surface area (Å²) in [5.41, 5.74) is 2.07. The predicted octanol–water partition coefficient (Wildman–Crippen LogP) is 1.80. The van der Waals surface area contributed by atoms with Crippen molar-refractivity contribution < 1.29 is 9.59 Å². The zero-order chi connectivity index (χ0) is 15.4. The molecule has 1 saturated heterocycles. The van der Waals surface area contributed by atoms with E-state index in [2.05, 4.69) is 10.3 Å². The molecule has 1 fully saturated rings. The second-order valence-electron chi connectivity index (χ2n) is 5.80. The highest BCUT2D eigenvalue weighted by molar-refractivity contribution is 5.90. The van der Waals surface area contributed by atoms with Crippen molar-refractivity contribution in [3.63, 3.8) is 0 Å². The maximum Gasteiger partial charge on any atom is 0.245 e. The lowest BCUT2D eigenvalue weighted by atomic mass is 10.1. The van der Waals surface area contributed by atoms with Gasteiger partial charge in [0.15, 0.2) is 0 Å². The van der Waals surface area contributed by atoms with Gasteiger partial charge >= 0.3 is 0 Å². The van der Waals surface area contributed by atoms with Crippen molar-refractivity contribution in [2.75, 3.05) is 0 Å². The SMILES string of the molecule is CCCC1NC(=O)CC(C)N(Cc2cncc(C)c2)C1=O. The van der Waals surface area contributed by atoms with Crippen LogP contribution in [0.2, 0.25) is 0 Å². The fraction of sp³-hybridized carbons (Fsp3) is 0.562. The topological polar surface area (TPSA) is 62.3 Å². The zero-order valence-corrected chi connectivity index (χ0v) is 12.9. The van der Waals surface area contributed by atoms with Crippen molar-refractivity contribution in [1.82, 2.24) is 15.2 Å². The van der Waals surface area contributed by atoms with Crippen molar-refractivity contribution in [2.24, 2.45) is 0 Å². The quantitative estimate of drug-likeness (QED) is 0.919. The molecule has 0 radical (unpaired) electrons. The summed E-state index contributed by atoms with van der Waals surface area (Å²) in [5, 5.41) is 2.84. The summed E-state index contributed by atoms with van der Waals surface area (Å²) in [7, 11) is 0. The number of rotatable bonds is 4. The third-order valence-corrected chi connectivity index (χ3v) is 3.79. The van der Waals surface area contributed by atoms with E-state index in [1.54, 1.807) is 17.3 Å². The maximum atomic E-state index is 12.7. The maximum absolute atomic E-state index is 12.7. The molecule has 5 heteroatoms. The number of aromatic nitrogens is 1. The summed E-state index contributed by atoms with van der Waals surface area (Å²) in [6.07, 6.45) is 5.47. The Morgan fingerprint density at radius 2 is 2.14 bits per heavy atom. The van der Waals surface area contributed by atoms with Gasteiger partial charge in [0.05, 0.1) is 0 Å². The Morgan fingerprint density at radius 1 is 1.38 bits per heavy atom. The Kier molecular flexibility index (Phi) is 4.94. The Hall–Kier alpha value is -1.91. The Labute approximate surface area is 125 Å². The second kappa shape index (κ2) is 6.70. The van der Waals surface area contributed by atoms with Crippen molar-refractivity contribution in [3.8, 4) is 0 Å². The lowest BCUT2D eigenvalue weighted by molar-refractivity contribution is -0.135. The molecule has 1 aromatic heterocycles. The molecule has 5 nitrogen and oxygen atoms in total. The zero-order valence-electron chi connectivity index (χ0n) is 12.9. The summed E-state index contributed by atoms with van der Waals surface area (Å²) >= 11 is 0. The van der Waals surface area contributed by atoms with Crippen LogP contribution in [0, 0.1) is 6.92 Å². The van der Waals surface area contributed by atoms with E-state index in [0.29, 0.717) is 19.4 Å². The molecule has 2 unspecified atom stereocenters. The first-order chi connectivity index (χ1) is 10.0. The summed E-state index contributed by atoms with van der Waals surface area (Å²) in [4.78, 5) is 30.5. The summed E-state index contributed by atoms with van der Waals surface area (Å²) < 4.78 is 0. The first-order valence-electron chi connectivity index (χ1n) is 7.51. The van der Waals surface area contributed by atoms with Crippen LogP contribution >= 0.6 is 0 Å². The number of pyridine rings is 1. The molecule has 21 heavy (non-hydrogen) atoms. The molecule has 2 rings (SSSR count). The lowest BCUT2D eigenvalue weighted by Gasteiger charge is -2.28. The summed E-state index contributed by atoms with van der Waals surface area (Å²) in [6.45, 7) is 6.43. The van der Waals surface area contributed by atoms with E-state index in [1.165, 1.54) is 0 Å². The van der Waals surface area contributed by atoms with Gasteiger partial charge < -0.3 is 10.2 Å². The number of carbonyl (C=O) groups excluding carboxylic acids is 2. The number of hydrogen-bond donors (Lipinski definition) is 1. The molecular weight excluding hydrogens is 266 g/mol. The highest BCUT2D eigenvalue weighted by Crippen LogP contribution is 2.17. The molecule has 1 aliphatic heterocycles. The molecule has 2 atom stereocenters. The van der Waals surface area contributed by atoms with E-state index in [1.807, 2.05) is 26.8 Å². The van der Waals surface area contributed by atoms with Crippen molar-refractivity contribution >= 4 is 11.8 Å². The number of amides is 2. The molecule has 1 N–H and O–H groups in total. The molecule has 0 spiro atoms. The molecule has 1 aliphatic rings. The minimum absolute atomic E-state index is 0.0108. The molecule has 2 amide bonds. The van der Waals surface area contributed by atoms with E-state index in [0.717, 1.165) is 17.5 Å². The predicted molar refractivity (Wildman–Crippen MR) is 80.4 cm³/mol. The van der Waals surface area contributed by atoms with Crippen LogP contribution in [0.25, 0.3) is 0 Å². The van der Waals surface area contributed by atoms with Gasteiger partial charge in [-0.25, -0.2) is 0 Å². The first-order valence-corrected chi connectivity index (χ1v) is 7.51. The molecule has 0 aliphatic carbocycles. The van der Waals surface area contributed by atoms with Crippen LogP contribution in [-0.2, 0) is 16.1 Å². The largest absolute Gasteiger partial charge is 0.344 e. The standard InChI is InChI=1S/C16H23N3O2/c1-4-5-14-16(21)19(12(3)7-15(20)18-14)10-13-6-11(2)8-17-9-13/h6,8-9,12,14H,4-5,7,10H2,1-3H3,(H,18,20). The number of nitrogens with zero attached hydrogens (tertiary/aromatic N) is 2. The Bertz CT molecular complexity index is 530. The normalized spacial score (nSPS) is 22.9. The van der Waals surface area contributed by atoms with Crippen molar-refractivity contribution in [3.05, 3.63) is 29.6 Å². The van der Waals surface area contributed by atoms with Crippen LogP contribution < -0.4 is 5.32 Å². The summed E-state index contributed by atoms with van der Waals surface area (Å²) in [5.74, 6) is -0.0316. The third kappa shape index (κ3) is 3.80. The monoisotopic (exact) mass is 289 g/mol. The molecular formula is C16H23N3O2. The van der Waals surface area contributed by atoms with Crippen molar-refractivity contribution in [1.29, 1.82) is 0 Å². The molecule has 2 heterocycles. The molecule has 0 bridgehead atoms. The van der Waals surface area contributed by atoms with Crippen LogP contribution in [0.4, 0.5) is 0 Å². The van der Waals surface area contributed by atoms with Gasteiger partial charge in [0.25, 0.3) is 0 Å². The van der Waals surface area contributed by atoms with Gasteiger partial charge in [0, 0.05) is 31.4 Å².